The fourth-order valence-electron chi connectivity index (χ4n) is 2.76. The summed E-state index contributed by atoms with van der Waals surface area (Å²) in [6.45, 7) is 4.49. The zero-order chi connectivity index (χ0) is 16.2. The molecule has 128 valence electrons. The molecule has 2 fully saturated rings. The summed E-state index contributed by atoms with van der Waals surface area (Å²) in [7, 11) is -3.17. The van der Waals surface area contributed by atoms with E-state index >= 15 is 0 Å². The van der Waals surface area contributed by atoms with Crippen LogP contribution in [0.1, 0.15) is 26.2 Å². The van der Waals surface area contributed by atoms with Gasteiger partial charge in [0.05, 0.1) is 19.0 Å². The fourth-order valence-corrected chi connectivity index (χ4v) is 3.59. The SMILES string of the molecule is CC(OCC1CCCCO1)C(=O)N1CCN(S(C)(=O)=O)CC1. The summed E-state index contributed by atoms with van der Waals surface area (Å²) in [5, 5.41) is 0. The quantitative estimate of drug-likeness (QED) is 0.711. The van der Waals surface area contributed by atoms with Crippen LogP contribution < -0.4 is 0 Å². The Morgan fingerprint density at radius 1 is 1.27 bits per heavy atom. The van der Waals surface area contributed by atoms with Crippen LogP contribution in [-0.4, -0.2) is 81.4 Å². The highest BCUT2D eigenvalue weighted by atomic mass is 32.2. The van der Waals surface area contributed by atoms with E-state index in [1.807, 2.05) is 0 Å². The Morgan fingerprint density at radius 3 is 2.50 bits per heavy atom. The minimum Gasteiger partial charge on any atom is -0.376 e. The molecule has 0 N–H and O–H groups in total. The number of piperazine rings is 1. The van der Waals surface area contributed by atoms with Crippen LogP contribution in [0.4, 0.5) is 0 Å². The molecule has 2 rings (SSSR count). The number of ether oxygens (including phenoxy) is 2. The van der Waals surface area contributed by atoms with Gasteiger partial charge in [0.15, 0.2) is 0 Å². The van der Waals surface area contributed by atoms with Crippen LogP contribution in [-0.2, 0) is 24.3 Å². The molecule has 8 heteroatoms. The summed E-state index contributed by atoms with van der Waals surface area (Å²) in [6, 6.07) is 0. The highest BCUT2D eigenvalue weighted by Gasteiger charge is 2.29. The number of rotatable bonds is 5. The Hall–Kier alpha value is -0.700. The van der Waals surface area contributed by atoms with Gasteiger partial charge in [0.2, 0.25) is 10.0 Å². The van der Waals surface area contributed by atoms with Crippen molar-refractivity contribution in [3.05, 3.63) is 0 Å². The van der Waals surface area contributed by atoms with E-state index in [1.165, 1.54) is 10.6 Å². The fraction of sp³-hybridized carbons (Fsp3) is 0.929. The van der Waals surface area contributed by atoms with E-state index in [9.17, 15) is 13.2 Å². The summed E-state index contributed by atoms with van der Waals surface area (Å²) in [4.78, 5) is 14.0. The molecule has 0 radical (unpaired) electrons. The summed E-state index contributed by atoms with van der Waals surface area (Å²) in [6.07, 6.45) is 3.98. The van der Waals surface area contributed by atoms with Crippen molar-refractivity contribution in [1.82, 2.24) is 9.21 Å². The molecule has 0 spiro atoms. The van der Waals surface area contributed by atoms with Crippen molar-refractivity contribution in [2.75, 3.05) is 45.6 Å². The van der Waals surface area contributed by atoms with Gasteiger partial charge in [0, 0.05) is 32.8 Å². The Balaban J connectivity index is 1.74. The van der Waals surface area contributed by atoms with Crippen LogP contribution in [0, 0.1) is 0 Å². The molecule has 0 aliphatic carbocycles. The molecular weight excluding hydrogens is 308 g/mol. The predicted octanol–water partition coefficient (Wildman–Crippen LogP) is 0.0644. The first-order valence-electron chi connectivity index (χ1n) is 7.85. The third-order valence-corrected chi connectivity index (χ3v) is 5.48. The lowest BCUT2D eigenvalue weighted by Gasteiger charge is -2.34. The molecule has 2 saturated heterocycles. The van der Waals surface area contributed by atoms with Gasteiger partial charge in [-0.05, 0) is 26.2 Å². The van der Waals surface area contributed by atoms with Gasteiger partial charge >= 0.3 is 0 Å². The summed E-state index contributed by atoms with van der Waals surface area (Å²) in [5.41, 5.74) is 0. The predicted molar refractivity (Wildman–Crippen MR) is 82.0 cm³/mol. The molecule has 0 aromatic carbocycles. The molecule has 22 heavy (non-hydrogen) atoms. The van der Waals surface area contributed by atoms with E-state index in [0.717, 1.165) is 25.9 Å². The Bertz CT molecular complexity index is 468. The lowest BCUT2D eigenvalue weighted by molar-refractivity contribution is -0.147. The molecular formula is C14H26N2O5S. The van der Waals surface area contributed by atoms with Crippen molar-refractivity contribution in [2.45, 2.75) is 38.4 Å². The topological polar surface area (TPSA) is 76.2 Å². The molecule has 2 atom stereocenters. The first-order valence-corrected chi connectivity index (χ1v) is 9.70. The monoisotopic (exact) mass is 334 g/mol. The van der Waals surface area contributed by atoms with Crippen molar-refractivity contribution < 1.29 is 22.7 Å². The van der Waals surface area contributed by atoms with E-state index in [2.05, 4.69) is 0 Å². The van der Waals surface area contributed by atoms with E-state index in [0.29, 0.717) is 32.8 Å². The third kappa shape index (κ3) is 4.91. The van der Waals surface area contributed by atoms with Gasteiger partial charge in [-0.1, -0.05) is 0 Å². The number of carbonyl (C=O) groups excluding carboxylic acids is 1. The van der Waals surface area contributed by atoms with Crippen molar-refractivity contribution in [1.29, 1.82) is 0 Å². The molecule has 7 nitrogen and oxygen atoms in total. The van der Waals surface area contributed by atoms with E-state index in [-0.39, 0.29) is 12.0 Å². The van der Waals surface area contributed by atoms with Crippen LogP contribution in [0.5, 0.6) is 0 Å². The molecule has 2 heterocycles. The molecule has 2 aliphatic rings. The molecule has 2 unspecified atom stereocenters. The third-order valence-electron chi connectivity index (χ3n) is 4.17. The lowest BCUT2D eigenvalue weighted by atomic mass is 10.1. The number of hydrogen-bond donors (Lipinski definition) is 0. The summed E-state index contributed by atoms with van der Waals surface area (Å²) < 4.78 is 35.5. The highest BCUT2D eigenvalue weighted by Crippen LogP contribution is 2.14. The lowest BCUT2D eigenvalue weighted by Crippen LogP contribution is -2.52. The average molecular weight is 334 g/mol. The smallest absolute Gasteiger partial charge is 0.251 e. The summed E-state index contributed by atoms with van der Waals surface area (Å²) in [5.74, 6) is -0.0797. The Morgan fingerprint density at radius 2 is 1.95 bits per heavy atom. The molecule has 0 aromatic heterocycles. The van der Waals surface area contributed by atoms with Gasteiger partial charge < -0.3 is 14.4 Å². The first-order chi connectivity index (χ1) is 10.4. The minimum atomic E-state index is -3.17. The van der Waals surface area contributed by atoms with Crippen LogP contribution in [0.3, 0.4) is 0 Å². The number of amides is 1. The normalized spacial score (nSPS) is 25.9. The Kier molecular flexibility index (Phi) is 6.19. The van der Waals surface area contributed by atoms with E-state index < -0.39 is 16.1 Å². The molecule has 0 aromatic rings. The second-order valence-corrected chi connectivity index (χ2v) is 7.93. The maximum Gasteiger partial charge on any atom is 0.251 e. The van der Waals surface area contributed by atoms with Crippen LogP contribution in [0.15, 0.2) is 0 Å². The summed E-state index contributed by atoms with van der Waals surface area (Å²) >= 11 is 0. The maximum atomic E-state index is 12.3. The van der Waals surface area contributed by atoms with Crippen molar-refractivity contribution in [3.8, 4) is 0 Å². The number of hydrogen-bond acceptors (Lipinski definition) is 5. The first kappa shape index (κ1) is 17.7. The number of sulfonamides is 1. The molecule has 0 saturated carbocycles. The number of nitrogens with zero attached hydrogens (tertiary/aromatic N) is 2. The highest BCUT2D eigenvalue weighted by molar-refractivity contribution is 7.88. The van der Waals surface area contributed by atoms with E-state index in [4.69, 9.17) is 9.47 Å². The van der Waals surface area contributed by atoms with Crippen LogP contribution in [0.2, 0.25) is 0 Å². The van der Waals surface area contributed by atoms with Gasteiger partial charge in [-0.2, -0.15) is 4.31 Å². The van der Waals surface area contributed by atoms with Crippen LogP contribution >= 0.6 is 0 Å². The second-order valence-electron chi connectivity index (χ2n) is 5.95. The zero-order valence-electron chi connectivity index (χ0n) is 13.4. The maximum absolute atomic E-state index is 12.3. The molecule has 2 aliphatic heterocycles. The van der Waals surface area contributed by atoms with Crippen molar-refractivity contribution >= 4 is 15.9 Å². The molecule has 0 bridgehead atoms. The van der Waals surface area contributed by atoms with Crippen molar-refractivity contribution in [2.24, 2.45) is 0 Å². The van der Waals surface area contributed by atoms with Crippen LogP contribution in [0.25, 0.3) is 0 Å². The minimum absolute atomic E-state index is 0.0797. The molecule has 1 amide bonds. The Labute approximate surface area is 132 Å². The van der Waals surface area contributed by atoms with Crippen molar-refractivity contribution in [3.63, 3.8) is 0 Å². The van der Waals surface area contributed by atoms with E-state index in [1.54, 1.807) is 11.8 Å². The largest absolute Gasteiger partial charge is 0.376 e. The van der Waals surface area contributed by atoms with Gasteiger partial charge in [0.1, 0.15) is 6.10 Å². The van der Waals surface area contributed by atoms with Gasteiger partial charge in [-0.25, -0.2) is 8.42 Å². The average Bonchev–Trinajstić information content (AvgIpc) is 2.52. The standard InChI is InChI=1S/C14H26N2O5S/c1-12(21-11-13-5-3-4-10-20-13)14(17)15-6-8-16(9-7-15)22(2,18)19/h12-13H,3-11H2,1-2H3. The second kappa shape index (κ2) is 7.72. The number of carbonyl (C=O) groups is 1. The zero-order valence-corrected chi connectivity index (χ0v) is 14.2. The van der Waals surface area contributed by atoms with Gasteiger partial charge in [-0.15, -0.1) is 0 Å². The van der Waals surface area contributed by atoms with Gasteiger partial charge in [0.25, 0.3) is 5.91 Å². The van der Waals surface area contributed by atoms with Gasteiger partial charge in [-0.3, -0.25) is 4.79 Å².